The highest BCUT2D eigenvalue weighted by molar-refractivity contribution is 5.75. The summed E-state index contributed by atoms with van der Waals surface area (Å²) in [5.74, 6) is 0.998. The van der Waals surface area contributed by atoms with Crippen molar-refractivity contribution in [3.05, 3.63) is 0 Å². The summed E-state index contributed by atoms with van der Waals surface area (Å²) < 4.78 is 0. The van der Waals surface area contributed by atoms with Gasteiger partial charge < -0.3 is 15.5 Å². The van der Waals surface area contributed by atoms with Crippen molar-refractivity contribution in [2.75, 3.05) is 33.7 Å². The molecular formula is C13H27N3O. The fourth-order valence-electron chi connectivity index (χ4n) is 2.30. The van der Waals surface area contributed by atoms with Gasteiger partial charge in [0.1, 0.15) is 0 Å². The molecule has 1 amide bonds. The second-order valence-electron chi connectivity index (χ2n) is 5.54. The van der Waals surface area contributed by atoms with E-state index in [4.69, 9.17) is 5.73 Å². The molecule has 2 atom stereocenters. The largest absolute Gasteiger partial charge is 0.346 e. The Labute approximate surface area is 105 Å². The van der Waals surface area contributed by atoms with Gasteiger partial charge in [0.15, 0.2) is 0 Å². The van der Waals surface area contributed by atoms with Gasteiger partial charge in [-0.25, -0.2) is 0 Å². The van der Waals surface area contributed by atoms with E-state index >= 15 is 0 Å². The van der Waals surface area contributed by atoms with Gasteiger partial charge >= 0.3 is 0 Å². The van der Waals surface area contributed by atoms with E-state index < -0.39 is 0 Å². The zero-order chi connectivity index (χ0) is 12.8. The summed E-state index contributed by atoms with van der Waals surface area (Å²) >= 11 is 0. The van der Waals surface area contributed by atoms with Crippen LogP contribution in [0.1, 0.15) is 32.6 Å². The number of nitrogens with two attached hydrogens (primary N) is 1. The third-order valence-corrected chi connectivity index (χ3v) is 3.60. The van der Waals surface area contributed by atoms with Crippen molar-refractivity contribution < 1.29 is 4.79 Å². The molecule has 1 aliphatic heterocycles. The average molecular weight is 241 g/mol. The van der Waals surface area contributed by atoms with Gasteiger partial charge in [0.2, 0.25) is 5.91 Å². The molecule has 0 aromatic carbocycles. The van der Waals surface area contributed by atoms with Gasteiger partial charge in [-0.2, -0.15) is 0 Å². The summed E-state index contributed by atoms with van der Waals surface area (Å²) in [5.41, 5.74) is 5.65. The summed E-state index contributed by atoms with van der Waals surface area (Å²) in [4.78, 5) is 16.0. The molecule has 0 saturated carbocycles. The molecule has 1 rings (SSSR count). The van der Waals surface area contributed by atoms with Crippen LogP contribution >= 0.6 is 0 Å². The Morgan fingerprint density at radius 1 is 1.59 bits per heavy atom. The molecule has 4 heteroatoms. The molecule has 4 nitrogen and oxygen atoms in total. The predicted octanol–water partition coefficient (Wildman–Crippen LogP) is 0.914. The van der Waals surface area contributed by atoms with Crippen LogP contribution in [0.25, 0.3) is 0 Å². The van der Waals surface area contributed by atoms with Crippen LogP contribution in [-0.4, -0.2) is 55.5 Å². The molecule has 0 aliphatic carbocycles. The van der Waals surface area contributed by atoms with Crippen LogP contribution in [0.5, 0.6) is 0 Å². The molecule has 100 valence electrons. The summed E-state index contributed by atoms with van der Waals surface area (Å²) in [6.07, 6.45) is 3.77. The van der Waals surface area contributed by atoms with Crippen molar-refractivity contribution in [3.63, 3.8) is 0 Å². The van der Waals surface area contributed by atoms with Crippen molar-refractivity contribution in [1.29, 1.82) is 0 Å². The van der Waals surface area contributed by atoms with Crippen molar-refractivity contribution >= 4 is 5.91 Å². The topological polar surface area (TPSA) is 49.6 Å². The third-order valence-electron chi connectivity index (χ3n) is 3.60. The van der Waals surface area contributed by atoms with Gasteiger partial charge in [0.05, 0.1) is 0 Å². The van der Waals surface area contributed by atoms with Crippen molar-refractivity contribution in [2.45, 2.75) is 38.6 Å². The molecule has 0 radical (unpaired) electrons. The molecular weight excluding hydrogens is 214 g/mol. The van der Waals surface area contributed by atoms with E-state index in [9.17, 15) is 4.79 Å². The van der Waals surface area contributed by atoms with Gasteiger partial charge in [0, 0.05) is 32.6 Å². The van der Waals surface area contributed by atoms with Crippen LogP contribution < -0.4 is 5.73 Å². The highest BCUT2D eigenvalue weighted by Crippen LogP contribution is 2.18. The van der Waals surface area contributed by atoms with E-state index in [2.05, 4.69) is 11.9 Å². The van der Waals surface area contributed by atoms with Crippen LogP contribution in [0.4, 0.5) is 0 Å². The zero-order valence-electron chi connectivity index (χ0n) is 11.5. The molecule has 0 bridgehead atoms. The average Bonchev–Trinajstić information content (AvgIpc) is 2.68. The number of amides is 1. The number of carbonyl (C=O) groups is 1. The van der Waals surface area contributed by atoms with Crippen LogP contribution in [0, 0.1) is 5.92 Å². The molecule has 2 unspecified atom stereocenters. The Hall–Kier alpha value is -0.610. The summed E-state index contributed by atoms with van der Waals surface area (Å²) in [5, 5.41) is 0. The fourth-order valence-corrected chi connectivity index (χ4v) is 2.30. The Bertz CT molecular complexity index is 243. The highest BCUT2D eigenvalue weighted by atomic mass is 16.2. The van der Waals surface area contributed by atoms with Crippen LogP contribution in [0.2, 0.25) is 0 Å². The minimum atomic E-state index is 0.121. The quantitative estimate of drug-likeness (QED) is 0.752. The van der Waals surface area contributed by atoms with Crippen molar-refractivity contribution in [2.24, 2.45) is 11.7 Å². The lowest BCUT2D eigenvalue weighted by Gasteiger charge is -2.20. The molecule has 1 aliphatic rings. The predicted molar refractivity (Wildman–Crippen MR) is 70.7 cm³/mol. The van der Waals surface area contributed by atoms with E-state index in [0.717, 1.165) is 25.3 Å². The Morgan fingerprint density at radius 2 is 2.29 bits per heavy atom. The number of likely N-dealkylation sites (tertiary alicyclic amines) is 1. The van der Waals surface area contributed by atoms with Crippen LogP contribution in [-0.2, 0) is 4.79 Å². The normalized spacial score (nSPS) is 22.7. The van der Waals surface area contributed by atoms with Crippen LogP contribution in [0.3, 0.4) is 0 Å². The first-order valence-corrected chi connectivity index (χ1v) is 6.67. The summed E-state index contributed by atoms with van der Waals surface area (Å²) in [7, 11) is 4.07. The monoisotopic (exact) mass is 241 g/mol. The zero-order valence-corrected chi connectivity index (χ0v) is 11.5. The number of hydrogen-bond acceptors (Lipinski definition) is 3. The lowest BCUT2D eigenvalue weighted by molar-refractivity contribution is -0.130. The number of carbonyl (C=O) groups excluding carboxylic acids is 1. The lowest BCUT2D eigenvalue weighted by atomic mass is 10.0. The first-order valence-electron chi connectivity index (χ1n) is 6.67. The summed E-state index contributed by atoms with van der Waals surface area (Å²) in [6.45, 7) is 5.22. The number of hydrogen-bond donors (Lipinski definition) is 1. The molecule has 1 saturated heterocycles. The first-order chi connectivity index (χ1) is 7.99. The fraction of sp³-hybridized carbons (Fsp3) is 0.923. The summed E-state index contributed by atoms with van der Waals surface area (Å²) in [6, 6.07) is 0.121. The minimum Gasteiger partial charge on any atom is -0.346 e. The minimum absolute atomic E-state index is 0.121. The third kappa shape index (κ3) is 5.50. The van der Waals surface area contributed by atoms with Crippen molar-refractivity contribution in [3.8, 4) is 0 Å². The Balaban J connectivity index is 2.15. The van der Waals surface area contributed by atoms with Gasteiger partial charge in [-0.3, -0.25) is 4.79 Å². The van der Waals surface area contributed by atoms with Gasteiger partial charge in [0.25, 0.3) is 0 Å². The number of nitrogens with zero attached hydrogens (tertiary/aromatic N) is 2. The van der Waals surface area contributed by atoms with Crippen LogP contribution in [0.15, 0.2) is 0 Å². The molecule has 17 heavy (non-hydrogen) atoms. The molecule has 1 fully saturated rings. The Morgan fingerprint density at radius 3 is 2.82 bits per heavy atom. The number of rotatable bonds is 6. The molecule has 2 N–H and O–H groups in total. The second kappa shape index (κ2) is 6.97. The SMILES string of the molecule is CC(N)CCC(=O)N(C)CCC1CCN(C)C1. The van der Waals surface area contributed by atoms with E-state index in [-0.39, 0.29) is 11.9 Å². The van der Waals surface area contributed by atoms with Gasteiger partial charge in [-0.05, 0) is 45.7 Å². The van der Waals surface area contributed by atoms with Crippen molar-refractivity contribution in [1.82, 2.24) is 9.80 Å². The maximum absolute atomic E-state index is 11.8. The van der Waals surface area contributed by atoms with E-state index in [1.807, 2.05) is 18.9 Å². The van der Waals surface area contributed by atoms with Gasteiger partial charge in [-0.15, -0.1) is 0 Å². The van der Waals surface area contributed by atoms with E-state index in [0.29, 0.717) is 6.42 Å². The smallest absolute Gasteiger partial charge is 0.222 e. The maximum atomic E-state index is 11.8. The Kier molecular flexibility index (Phi) is 5.92. The molecule has 0 spiro atoms. The lowest BCUT2D eigenvalue weighted by Crippen LogP contribution is -2.30. The maximum Gasteiger partial charge on any atom is 0.222 e. The van der Waals surface area contributed by atoms with E-state index in [1.54, 1.807) is 0 Å². The molecule has 0 aromatic rings. The first kappa shape index (κ1) is 14.5. The highest BCUT2D eigenvalue weighted by Gasteiger charge is 2.20. The second-order valence-corrected chi connectivity index (χ2v) is 5.54. The molecule has 1 heterocycles. The van der Waals surface area contributed by atoms with Gasteiger partial charge in [-0.1, -0.05) is 0 Å². The van der Waals surface area contributed by atoms with E-state index in [1.165, 1.54) is 19.5 Å². The standard InChI is InChI=1S/C13H27N3O/c1-11(14)4-5-13(17)16(3)9-7-12-6-8-15(2)10-12/h11-12H,4-10,14H2,1-3H3. The molecule has 0 aromatic heterocycles.